The van der Waals surface area contributed by atoms with Gasteiger partial charge in [-0.15, -0.1) is 0 Å². The Labute approximate surface area is 404 Å². The molecule has 0 aromatic carbocycles. The molecule has 6 nitrogen and oxygen atoms in total. The molecule has 0 saturated heterocycles. The van der Waals surface area contributed by atoms with Crippen LogP contribution in [-0.4, -0.2) is 37.2 Å². The van der Waals surface area contributed by atoms with E-state index < -0.39 is 6.10 Å². The van der Waals surface area contributed by atoms with Crippen LogP contribution < -0.4 is 0 Å². The van der Waals surface area contributed by atoms with Gasteiger partial charge in [0, 0.05) is 19.3 Å². The fourth-order valence-electron chi connectivity index (χ4n) is 6.43. The van der Waals surface area contributed by atoms with Gasteiger partial charge in [0.05, 0.1) is 0 Å². The third-order valence-electron chi connectivity index (χ3n) is 10.3. The molecule has 66 heavy (non-hydrogen) atoms. The number of esters is 3. The highest BCUT2D eigenvalue weighted by Gasteiger charge is 2.19. The van der Waals surface area contributed by atoms with Crippen LogP contribution in [0.4, 0.5) is 0 Å². The van der Waals surface area contributed by atoms with Crippen LogP contribution in [0.25, 0.3) is 0 Å². The molecule has 0 aliphatic rings. The van der Waals surface area contributed by atoms with Crippen LogP contribution in [0, 0.1) is 0 Å². The molecular weight excluding hydrogens is 817 g/mol. The molecular formula is C60H92O6. The number of carbonyl (C=O) groups is 3. The zero-order chi connectivity index (χ0) is 47.9. The molecule has 1 atom stereocenters. The normalized spacial score (nSPS) is 13.3. The summed E-state index contributed by atoms with van der Waals surface area (Å²) >= 11 is 0. The predicted octanol–water partition coefficient (Wildman–Crippen LogP) is 17.3. The molecule has 6 heteroatoms. The Balaban J connectivity index is 4.58. The van der Waals surface area contributed by atoms with Crippen LogP contribution in [0.5, 0.6) is 0 Å². The molecule has 0 aliphatic heterocycles. The van der Waals surface area contributed by atoms with Crippen LogP contribution in [-0.2, 0) is 28.6 Å². The minimum absolute atomic E-state index is 0.116. The van der Waals surface area contributed by atoms with Crippen molar-refractivity contribution >= 4 is 17.9 Å². The highest BCUT2D eigenvalue weighted by atomic mass is 16.6. The highest BCUT2D eigenvalue weighted by Crippen LogP contribution is 2.13. The molecule has 0 saturated carbocycles. The molecule has 0 fully saturated rings. The zero-order valence-corrected chi connectivity index (χ0v) is 41.9. The number of allylic oxidation sites excluding steroid dienone is 24. The summed E-state index contributed by atoms with van der Waals surface area (Å²) in [5, 5.41) is 0. The van der Waals surface area contributed by atoms with Crippen molar-refractivity contribution in [1.29, 1.82) is 0 Å². The molecule has 0 aromatic heterocycles. The Morgan fingerprint density at radius 1 is 0.333 bits per heavy atom. The van der Waals surface area contributed by atoms with Crippen molar-refractivity contribution in [2.45, 2.75) is 200 Å². The van der Waals surface area contributed by atoms with Gasteiger partial charge in [0.15, 0.2) is 6.10 Å². The van der Waals surface area contributed by atoms with Crippen molar-refractivity contribution in [3.05, 3.63) is 146 Å². The van der Waals surface area contributed by atoms with E-state index in [1.165, 1.54) is 32.1 Å². The van der Waals surface area contributed by atoms with Gasteiger partial charge in [-0.05, 0) is 96.3 Å². The summed E-state index contributed by atoms with van der Waals surface area (Å²) in [4.78, 5) is 38.0. The van der Waals surface area contributed by atoms with Crippen molar-refractivity contribution in [2.75, 3.05) is 13.2 Å². The average molecular weight is 909 g/mol. The minimum atomic E-state index is -0.819. The first kappa shape index (κ1) is 61.3. The standard InChI is InChI=1S/C60H92O6/c1-4-7-10-13-16-19-22-25-28-29-30-31-33-35-38-41-44-47-50-53-59(62)65-56-57(55-64-58(61)52-49-46-43-40-37-34-27-24-21-18-15-12-9-6-3)66-60(63)54-51-48-45-42-39-36-32-26-23-20-17-14-11-8-5-2/h7,9-10,12-13,16-23,25-31,33-35,38,57H,4-6,8,11,14-15,24,32,36-37,39-56H2,1-3H3/b10-7-,12-9-,16-13-,20-17-,21-18-,22-19-,26-23-,28-25-,30-29+,33-31-,34-27-,38-35-. The van der Waals surface area contributed by atoms with Crippen molar-refractivity contribution < 1.29 is 28.6 Å². The van der Waals surface area contributed by atoms with E-state index in [9.17, 15) is 14.4 Å². The molecule has 368 valence electrons. The Kier molecular flexibility index (Phi) is 49.1. The maximum Gasteiger partial charge on any atom is 0.306 e. The minimum Gasteiger partial charge on any atom is -0.462 e. The smallest absolute Gasteiger partial charge is 0.306 e. The topological polar surface area (TPSA) is 78.9 Å². The summed E-state index contributed by atoms with van der Waals surface area (Å²) in [5.74, 6) is -1.01. The monoisotopic (exact) mass is 909 g/mol. The molecule has 0 bridgehead atoms. The summed E-state index contributed by atoms with van der Waals surface area (Å²) in [6.45, 7) is 6.25. The molecule has 0 heterocycles. The van der Waals surface area contributed by atoms with Crippen molar-refractivity contribution in [3.63, 3.8) is 0 Å². The second kappa shape index (κ2) is 52.9. The second-order valence-corrected chi connectivity index (χ2v) is 16.5. The average Bonchev–Trinajstić information content (AvgIpc) is 3.31. The van der Waals surface area contributed by atoms with E-state index in [4.69, 9.17) is 14.2 Å². The van der Waals surface area contributed by atoms with E-state index in [1.807, 2.05) is 72.9 Å². The summed E-state index contributed by atoms with van der Waals surface area (Å²) in [5.41, 5.74) is 0. The molecule has 0 aromatic rings. The van der Waals surface area contributed by atoms with Crippen molar-refractivity contribution in [2.24, 2.45) is 0 Å². The lowest BCUT2D eigenvalue weighted by Gasteiger charge is -2.18. The summed E-state index contributed by atoms with van der Waals surface area (Å²) in [6, 6.07) is 0. The van der Waals surface area contributed by atoms with Gasteiger partial charge in [-0.3, -0.25) is 14.4 Å². The molecule has 0 spiro atoms. The molecule has 1 unspecified atom stereocenters. The van der Waals surface area contributed by atoms with Gasteiger partial charge in [-0.1, -0.05) is 224 Å². The number of hydrogen-bond donors (Lipinski definition) is 0. The Morgan fingerprint density at radius 3 is 1.14 bits per heavy atom. The first-order valence-electron chi connectivity index (χ1n) is 26.0. The molecule has 0 N–H and O–H groups in total. The second-order valence-electron chi connectivity index (χ2n) is 16.5. The van der Waals surface area contributed by atoms with Crippen LogP contribution in [0.2, 0.25) is 0 Å². The fraction of sp³-hybridized carbons (Fsp3) is 0.550. The van der Waals surface area contributed by atoms with Gasteiger partial charge < -0.3 is 14.2 Å². The van der Waals surface area contributed by atoms with Crippen LogP contribution in [0.3, 0.4) is 0 Å². The van der Waals surface area contributed by atoms with Crippen molar-refractivity contribution in [3.8, 4) is 0 Å². The number of ether oxygens (including phenoxy) is 3. The van der Waals surface area contributed by atoms with E-state index in [1.54, 1.807) is 0 Å². The SMILES string of the molecule is CC\C=C/C=C\C=C/C=C\C=C\C=C/C=C\CCCCCC(=O)OCC(COC(=O)CCCCCC/C=C\C/C=C\C/C=C\CC)OC(=O)CCCCCCCC/C=C\C=C/CCCCC. The molecule has 0 radical (unpaired) electrons. The van der Waals surface area contributed by atoms with Crippen molar-refractivity contribution in [1.82, 2.24) is 0 Å². The maximum atomic E-state index is 12.8. The number of unbranched alkanes of at least 4 members (excludes halogenated alkanes) is 16. The summed E-state index contributed by atoms with van der Waals surface area (Å²) in [6.07, 6.45) is 75.3. The maximum absolute atomic E-state index is 12.8. The lowest BCUT2D eigenvalue weighted by molar-refractivity contribution is -0.167. The van der Waals surface area contributed by atoms with Gasteiger partial charge in [-0.2, -0.15) is 0 Å². The summed E-state index contributed by atoms with van der Waals surface area (Å²) in [7, 11) is 0. The van der Waals surface area contributed by atoms with Crippen LogP contribution in [0.1, 0.15) is 194 Å². The number of rotatable bonds is 44. The predicted molar refractivity (Wildman–Crippen MR) is 283 cm³/mol. The Hall–Kier alpha value is -4.71. The number of carbonyl (C=O) groups excluding carboxylic acids is 3. The first-order chi connectivity index (χ1) is 32.5. The Morgan fingerprint density at radius 2 is 0.667 bits per heavy atom. The lowest BCUT2D eigenvalue weighted by atomic mass is 10.1. The largest absolute Gasteiger partial charge is 0.462 e. The van der Waals surface area contributed by atoms with E-state index >= 15 is 0 Å². The van der Waals surface area contributed by atoms with Gasteiger partial charge in [-0.25, -0.2) is 0 Å². The van der Waals surface area contributed by atoms with E-state index in [0.717, 1.165) is 122 Å². The van der Waals surface area contributed by atoms with E-state index in [0.29, 0.717) is 19.3 Å². The fourth-order valence-corrected chi connectivity index (χ4v) is 6.43. The quantitative estimate of drug-likeness (QED) is 0.0199. The van der Waals surface area contributed by atoms with Crippen LogP contribution in [0.15, 0.2) is 146 Å². The first-order valence-corrected chi connectivity index (χ1v) is 26.0. The molecule has 0 rings (SSSR count). The zero-order valence-electron chi connectivity index (χ0n) is 41.9. The highest BCUT2D eigenvalue weighted by molar-refractivity contribution is 5.71. The van der Waals surface area contributed by atoms with Gasteiger partial charge in [0.1, 0.15) is 13.2 Å². The third-order valence-corrected chi connectivity index (χ3v) is 10.3. The summed E-state index contributed by atoms with van der Waals surface area (Å²) < 4.78 is 16.7. The van der Waals surface area contributed by atoms with E-state index in [-0.39, 0.29) is 31.1 Å². The molecule has 0 amide bonds. The molecule has 0 aliphatic carbocycles. The van der Waals surface area contributed by atoms with E-state index in [2.05, 4.69) is 93.7 Å². The Bertz CT molecular complexity index is 1510. The van der Waals surface area contributed by atoms with Crippen LogP contribution >= 0.6 is 0 Å². The van der Waals surface area contributed by atoms with Gasteiger partial charge in [0.25, 0.3) is 0 Å². The third kappa shape index (κ3) is 50.3. The lowest BCUT2D eigenvalue weighted by Crippen LogP contribution is -2.30. The van der Waals surface area contributed by atoms with Gasteiger partial charge in [0.2, 0.25) is 0 Å². The van der Waals surface area contributed by atoms with Gasteiger partial charge >= 0.3 is 17.9 Å². The number of hydrogen-bond acceptors (Lipinski definition) is 6.